The van der Waals surface area contributed by atoms with Crippen LogP contribution in [0.3, 0.4) is 0 Å². The largest absolute Gasteiger partial charge is 0.416 e. The van der Waals surface area contributed by atoms with Crippen LogP contribution in [-0.4, -0.2) is 16.1 Å². The second-order valence-electron chi connectivity index (χ2n) is 4.23. The lowest BCUT2D eigenvalue weighted by Crippen LogP contribution is -2.24. The zero-order valence-corrected chi connectivity index (χ0v) is 10.4. The summed E-state index contributed by atoms with van der Waals surface area (Å²) in [4.78, 5) is 11.6. The quantitative estimate of drug-likeness (QED) is 0.904. The average Bonchev–Trinajstić information content (AvgIpc) is 2.89. The predicted molar refractivity (Wildman–Crippen MR) is 65.6 cm³/mol. The molecule has 2 rings (SSSR count). The van der Waals surface area contributed by atoms with Gasteiger partial charge in [0.15, 0.2) is 0 Å². The first-order valence-electron chi connectivity index (χ1n) is 5.86. The molecule has 0 unspecified atom stereocenters. The summed E-state index contributed by atoms with van der Waals surface area (Å²) in [6.07, 6.45) is -2.76. The summed E-state index contributed by atoms with van der Waals surface area (Å²) in [5.41, 5.74) is 0.560. The summed E-state index contributed by atoms with van der Waals surface area (Å²) in [6, 6.07) is 6.27. The van der Waals surface area contributed by atoms with Crippen LogP contribution >= 0.6 is 0 Å². The van der Waals surface area contributed by atoms with Gasteiger partial charge in [0, 0.05) is 6.20 Å². The second-order valence-corrected chi connectivity index (χ2v) is 4.23. The molecule has 1 aromatic carbocycles. The summed E-state index contributed by atoms with van der Waals surface area (Å²) in [5.74, 6) is -0.264. The minimum absolute atomic E-state index is 0.0340. The van der Waals surface area contributed by atoms with Gasteiger partial charge in [0.2, 0.25) is 5.91 Å². The number of benzene rings is 1. The van der Waals surface area contributed by atoms with Crippen molar-refractivity contribution in [1.82, 2.24) is 15.5 Å². The third-order valence-electron chi connectivity index (χ3n) is 2.68. The van der Waals surface area contributed by atoms with Gasteiger partial charge < -0.3 is 5.32 Å². The second kappa shape index (κ2) is 5.77. The van der Waals surface area contributed by atoms with E-state index in [0.29, 0.717) is 12.1 Å². The maximum atomic E-state index is 12.4. The predicted octanol–water partition coefficient (Wildman–Crippen LogP) is 2.29. The fourth-order valence-corrected chi connectivity index (χ4v) is 1.64. The molecule has 2 N–H and O–H groups in total. The van der Waals surface area contributed by atoms with E-state index in [1.165, 1.54) is 12.1 Å². The highest BCUT2D eigenvalue weighted by Gasteiger charge is 2.29. The minimum atomic E-state index is -4.36. The highest BCUT2D eigenvalue weighted by atomic mass is 19.4. The molecule has 0 saturated carbocycles. The number of nitrogens with zero attached hydrogens (tertiary/aromatic N) is 1. The van der Waals surface area contributed by atoms with Crippen LogP contribution in [0.25, 0.3) is 0 Å². The number of carbonyl (C=O) groups excluding carboxylic acids is 1. The highest BCUT2D eigenvalue weighted by molar-refractivity contribution is 5.78. The third-order valence-corrected chi connectivity index (χ3v) is 2.68. The molecule has 0 aliphatic carbocycles. The van der Waals surface area contributed by atoms with Crippen LogP contribution in [0.5, 0.6) is 0 Å². The van der Waals surface area contributed by atoms with Crippen molar-refractivity contribution in [3.8, 4) is 0 Å². The molecule has 2 aromatic rings. The van der Waals surface area contributed by atoms with Crippen LogP contribution in [0, 0.1) is 0 Å². The van der Waals surface area contributed by atoms with E-state index >= 15 is 0 Å². The van der Waals surface area contributed by atoms with Crippen molar-refractivity contribution in [2.75, 3.05) is 0 Å². The van der Waals surface area contributed by atoms with Crippen molar-refractivity contribution in [3.63, 3.8) is 0 Å². The van der Waals surface area contributed by atoms with Gasteiger partial charge in [-0.25, -0.2) is 0 Å². The van der Waals surface area contributed by atoms with Gasteiger partial charge in [0.25, 0.3) is 0 Å². The Morgan fingerprint density at radius 3 is 2.45 bits per heavy atom. The smallest absolute Gasteiger partial charge is 0.350 e. The lowest BCUT2D eigenvalue weighted by atomic mass is 10.1. The Kier molecular flexibility index (Phi) is 4.07. The summed E-state index contributed by atoms with van der Waals surface area (Å²) >= 11 is 0. The third kappa shape index (κ3) is 3.84. The molecule has 0 radical (unpaired) electrons. The van der Waals surface area contributed by atoms with Gasteiger partial charge in [-0.2, -0.15) is 18.3 Å². The Labute approximate surface area is 113 Å². The monoisotopic (exact) mass is 283 g/mol. The number of amides is 1. The topological polar surface area (TPSA) is 57.8 Å². The van der Waals surface area contributed by atoms with Crippen molar-refractivity contribution in [2.45, 2.75) is 19.1 Å². The van der Waals surface area contributed by atoms with E-state index in [0.717, 1.165) is 17.8 Å². The summed E-state index contributed by atoms with van der Waals surface area (Å²) in [5, 5.41) is 9.07. The van der Waals surface area contributed by atoms with Crippen LogP contribution < -0.4 is 5.32 Å². The molecular formula is C13H12F3N3O. The standard InChI is InChI=1S/C13H12F3N3O/c14-13(15,16)10-3-1-9(2-4-10)7-12(20)17-8-11-5-6-18-19-11/h1-6H,7-8H2,(H,17,20)(H,18,19). The Bertz CT molecular complexity index is 562. The first-order valence-corrected chi connectivity index (χ1v) is 5.86. The number of rotatable bonds is 4. The fourth-order valence-electron chi connectivity index (χ4n) is 1.64. The zero-order valence-electron chi connectivity index (χ0n) is 10.4. The van der Waals surface area contributed by atoms with Crippen LogP contribution in [0.15, 0.2) is 36.5 Å². The van der Waals surface area contributed by atoms with Gasteiger partial charge in [-0.3, -0.25) is 9.89 Å². The number of aromatic amines is 1. The SMILES string of the molecule is O=C(Cc1ccc(C(F)(F)F)cc1)NCc1ccn[nH]1. The highest BCUT2D eigenvalue weighted by Crippen LogP contribution is 2.29. The lowest BCUT2D eigenvalue weighted by Gasteiger charge is -2.08. The Morgan fingerprint density at radius 1 is 1.20 bits per heavy atom. The number of aromatic nitrogens is 2. The zero-order chi connectivity index (χ0) is 14.6. The number of hydrogen-bond donors (Lipinski definition) is 2. The summed E-state index contributed by atoms with van der Waals surface area (Å²) < 4.78 is 37.1. The maximum Gasteiger partial charge on any atom is 0.416 e. The van der Waals surface area contributed by atoms with Crippen molar-refractivity contribution < 1.29 is 18.0 Å². The Hall–Kier alpha value is -2.31. The number of hydrogen-bond acceptors (Lipinski definition) is 2. The summed E-state index contributed by atoms with van der Waals surface area (Å²) in [7, 11) is 0. The van der Waals surface area contributed by atoms with E-state index in [-0.39, 0.29) is 12.3 Å². The number of H-pyrrole nitrogens is 1. The van der Waals surface area contributed by atoms with E-state index in [4.69, 9.17) is 0 Å². The van der Waals surface area contributed by atoms with Gasteiger partial charge in [-0.1, -0.05) is 12.1 Å². The molecule has 20 heavy (non-hydrogen) atoms. The van der Waals surface area contributed by atoms with E-state index < -0.39 is 11.7 Å². The first-order chi connectivity index (χ1) is 9.45. The molecule has 1 aromatic heterocycles. The molecule has 0 fully saturated rings. The molecule has 0 bridgehead atoms. The maximum absolute atomic E-state index is 12.4. The van der Waals surface area contributed by atoms with Gasteiger partial charge in [0.1, 0.15) is 0 Å². The Morgan fingerprint density at radius 2 is 1.90 bits per heavy atom. The van der Waals surface area contributed by atoms with Gasteiger partial charge >= 0.3 is 6.18 Å². The molecule has 1 heterocycles. The molecule has 4 nitrogen and oxygen atoms in total. The Balaban J connectivity index is 1.88. The fraction of sp³-hybridized carbons (Fsp3) is 0.231. The van der Waals surface area contributed by atoms with Crippen LogP contribution in [0.4, 0.5) is 13.2 Å². The molecule has 7 heteroatoms. The van der Waals surface area contributed by atoms with Crippen LogP contribution in [0.1, 0.15) is 16.8 Å². The molecule has 0 spiro atoms. The molecule has 0 aliphatic rings. The van der Waals surface area contributed by atoms with Crippen LogP contribution in [-0.2, 0) is 23.9 Å². The van der Waals surface area contributed by atoms with E-state index in [2.05, 4.69) is 15.5 Å². The molecule has 0 aliphatic heterocycles. The first kappa shape index (κ1) is 14.1. The average molecular weight is 283 g/mol. The van der Waals surface area contributed by atoms with Crippen molar-refractivity contribution in [2.24, 2.45) is 0 Å². The minimum Gasteiger partial charge on any atom is -0.350 e. The summed E-state index contributed by atoms with van der Waals surface area (Å²) in [6.45, 7) is 0.305. The normalized spacial score (nSPS) is 11.3. The molecule has 106 valence electrons. The van der Waals surface area contributed by atoms with Gasteiger partial charge in [-0.05, 0) is 23.8 Å². The molecule has 0 atom stereocenters. The van der Waals surface area contributed by atoms with E-state index in [1.807, 2.05) is 0 Å². The van der Waals surface area contributed by atoms with Crippen molar-refractivity contribution in [1.29, 1.82) is 0 Å². The number of halogens is 3. The van der Waals surface area contributed by atoms with Crippen LogP contribution in [0.2, 0.25) is 0 Å². The number of nitrogens with one attached hydrogen (secondary N) is 2. The van der Waals surface area contributed by atoms with Gasteiger partial charge in [0.05, 0.1) is 24.2 Å². The number of alkyl halides is 3. The van der Waals surface area contributed by atoms with Crippen molar-refractivity contribution in [3.05, 3.63) is 53.3 Å². The lowest BCUT2D eigenvalue weighted by molar-refractivity contribution is -0.137. The molecular weight excluding hydrogens is 271 g/mol. The molecule has 0 saturated heterocycles. The van der Waals surface area contributed by atoms with Gasteiger partial charge in [-0.15, -0.1) is 0 Å². The van der Waals surface area contributed by atoms with Crippen molar-refractivity contribution >= 4 is 5.91 Å². The van der Waals surface area contributed by atoms with E-state index in [9.17, 15) is 18.0 Å². The van der Waals surface area contributed by atoms with E-state index in [1.54, 1.807) is 12.3 Å². The molecule has 1 amide bonds. The number of carbonyl (C=O) groups is 1.